The van der Waals surface area contributed by atoms with Gasteiger partial charge in [0.1, 0.15) is 5.82 Å². The zero-order chi connectivity index (χ0) is 16.7. The number of hydrogen-bond acceptors (Lipinski definition) is 3. The minimum absolute atomic E-state index is 0.145. The molecule has 1 aliphatic carbocycles. The maximum atomic E-state index is 12.9. The molecule has 4 rings (SSSR count). The zero-order valence-corrected chi connectivity index (χ0v) is 14.7. The fourth-order valence-electron chi connectivity index (χ4n) is 3.98. The first-order valence-electron chi connectivity index (χ1n) is 8.66. The number of hydrogen-bond donors (Lipinski definition) is 1. The van der Waals surface area contributed by atoms with Gasteiger partial charge in [-0.3, -0.25) is 9.89 Å². The molecule has 2 aliphatic rings. The molecule has 126 valence electrons. The summed E-state index contributed by atoms with van der Waals surface area (Å²) >= 11 is 5.21. The summed E-state index contributed by atoms with van der Waals surface area (Å²) in [5, 5.41) is 7.21. The molecule has 0 spiro atoms. The van der Waals surface area contributed by atoms with Crippen molar-refractivity contribution in [2.45, 2.75) is 38.0 Å². The molecular weight excluding hydrogens is 320 g/mol. The van der Waals surface area contributed by atoms with Crippen LogP contribution in [-0.4, -0.2) is 38.7 Å². The minimum atomic E-state index is 0.145. The van der Waals surface area contributed by atoms with Gasteiger partial charge in [-0.2, -0.15) is 5.10 Å². The minimum Gasteiger partial charge on any atom is -0.338 e. The van der Waals surface area contributed by atoms with E-state index < -0.39 is 0 Å². The van der Waals surface area contributed by atoms with Crippen LogP contribution >= 0.6 is 12.2 Å². The van der Waals surface area contributed by atoms with Crippen molar-refractivity contribution in [3.05, 3.63) is 45.5 Å². The predicted octanol–water partition coefficient (Wildman–Crippen LogP) is 2.99. The van der Waals surface area contributed by atoms with E-state index in [4.69, 9.17) is 12.2 Å². The fraction of sp³-hybridized carbons (Fsp3) is 0.500. The maximum Gasteiger partial charge on any atom is 0.253 e. The lowest BCUT2D eigenvalue weighted by Crippen LogP contribution is -2.39. The molecule has 2 aromatic rings. The first kappa shape index (κ1) is 15.6. The number of aryl methyl sites for hydroxylation is 2. The molecule has 1 saturated heterocycles. The van der Waals surface area contributed by atoms with E-state index in [0.29, 0.717) is 11.3 Å². The molecule has 1 amide bonds. The van der Waals surface area contributed by atoms with E-state index in [0.717, 1.165) is 43.6 Å². The Morgan fingerprint density at radius 3 is 2.92 bits per heavy atom. The first-order valence-corrected chi connectivity index (χ1v) is 9.06. The molecule has 1 N–H and O–H groups in total. The predicted molar refractivity (Wildman–Crippen MR) is 94.7 cm³/mol. The smallest absolute Gasteiger partial charge is 0.253 e. The third-order valence-corrected chi connectivity index (χ3v) is 5.70. The highest BCUT2D eigenvalue weighted by molar-refractivity contribution is 7.71. The lowest BCUT2D eigenvalue weighted by Gasteiger charge is -2.32. The van der Waals surface area contributed by atoms with Crippen molar-refractivity contribution in [3.63, 3.8) is 0 Å². The number of rotatable bonds is 2. The highest BCUT2D eigenvalue weighted by Gasteiger charge is 2.28. The van der Waals surface area contributed by atoms with Gasteiger partial charge >= 0.3 is 0 Å². The molecule has 0 radical (unpaired) electrons. The number of carbonyl (C=O) groups is 1. The first-order chi connectivity index (χ1) is 11.6. The maximum absolute atomic E-state index is 12.9. The molecule has 0 bridgehead atoms. The topological polar surface area (TPSA) is 53.9 Å². The number of carbonyl (C=O) groups excluding carboxylic acids is 1. The molecule has 1 aliphatic heterocycles. The van der Waals surface area contributed by atoms with Crippen LogP contribution in [0.15, 0.2) is 18.2 Å². The van der Waals surface area contributed by atoms with Gasteiger partial charge in [0.25, 0.3) is 5.91 Å². The van der Waals surface area contributed by atoms with Crippen LogP contribution in [0.2, 0.25) is 0 Å². The van der Waals surface area contributed by atoms with Crippen LogP contribution < -0.4 is 0 Å². The molecule has 2 heterocycles. The van der Waals surface area contributed by atoms with E-state index in [1.54, 1.807) is 0 Å². The Balaban J connectivity index is 1.54. The molecule has 5 nitrogen and oxygen atoms in total. The number of likely N-dealkylation sites (tertiary alicyclic amines) is 1. The molecule has 1 aromatic heterocycles. The number of nitrogens with zero attached hydrogens (tertiary/aromatic N) is 3. The summed E-state index contributed by atoms with van der Waals surface area (Å²) in [7, 11) is 1.93. The molecule has 1 aromatic carbocycles. The monoisotopic (exact) mass is 342 g/mol. The summed E-state index contributed by atoms with van der Waals surface area (Å²) in [5.41, 5.74) is 3.58. The van der Waals surface area contributed by atoms with Crippen LogP contribution in [0.25, 0.3) is 0 Å². The number of benzene rings is 1. The number of amides is 1. The molecule has 1 atom stereocenters. The summed E-state index contributed by atoms with van der Waals surface area (Å²) in [6.45, 7) is 1.53. The highest BCUT2D eigenvalue weighted by Crippen LogP contribution is 2.28. The largest absolute Gasteiger partial charge is 0.338 e. The van der Waals surface area contributed by atoms with E-state index in [1.807, 2.05) is 22.6 Å². The van der Waals surface area contributed by atoms with Gasteiger partial charge in [-0.1, -0.05) is 6.07 Å². The van der Waals surface area contributed by atoms with Gasteiger partial charge in [-0.05, 0) is 67.6 Å². The summed E-state index contributed by atoms with van der Waals surface area (Å²) in [4.78, 5) is 14.9. The Hall–Kier alpha value is -1.95. The van der Waals surface area contributed by atoms with Crippen molar-refractivity contribution in [2.75, 3.05) is 13.1 Å². The number of nitrogens with one attached hydrogen (secondary N) is 1. The van der Waals surface area contributed by atoms with E-state index in [-0.39, 0.29) is 11.8 Å². The Kier molecular flexibility index (Phi) is 4.00. The van der Waals surface area contributed by atoms with E-state index in [9.17, 15) is 4.79 Å². The van der Waals surface area contributed by atoms with Crippen molar-refractivity contribution in [1.29, 1.82) is 0 Å². The van der Waals surface area contributed by atoms with Gasteiger partial charge in [0, 0.05) is 31.6 Å². The molecule has 0 unspecified atom stereocenters. The third-order valence-electron chi connectivity index (χ3n) is 5.33. The normalized spacial score (nSPS) is 20.2. The van der Waals surface area contributed by atoms with Crippen LogP contribution in [0.5, 0.6) is 0 Å². The number of fused-ring (bicyclic) bond motifs is 1. The van der Waals surface area contributed by atoms with Gasteiger partial charge in [-0.15, -0.1) is 0 Å². The third kappa shape index (κ3) is 2.69. The molecule has 0 saturated carbocycles. The Bertz CT molecular complexity index is 838. The summed E-state index contributed by atoms with van der Waals surface area (Å²) in [6, 6.07) is 6.23. The van der Waals surface area contributed by atoms with Crippen molar-refractivity contribution in [2.24, 2.45) is 7.05 Å². The van der Waals surface area contributed by atoms with Crippen molar-refractivity contribution >= 4 is 18.1 Å². The van der Waals surface area contributed by atoms with Crippen LogP contribution in [0.3, 0.4) is 0 Å². The van der Waals surface area contributed by atoms with Crippen LogP contribution in [0.1, 0.15) is 52.5 Å². The average Bonchev–Trinajstić information content (AvgIpc) is 3.21. The molecule has 24 heavy (non-hydrogen) atoms. The molecule has 1 fully saturated rings. The van der Waals surface area contributed by atoms with E-state index >= 15 is 0 Å². The van der Waals surface area contributed by atoms with E-state index in [1.165, 1.54) is 17.5 Å². The van der Waals surface area contributed by atoms with Gasteiger partial charge in [0.15, 0.2) is 4.77 Å². The van der Waals surface area contributed by atoms with Crippen LogP contribution in [0, 0.1) is 4.77 Å². The van der Waals surface area contributed by atoms with Gasteiger partial charge in [0.05, 0.1) is 0 Å². The number of piperidine rings is 1. The van der Waals surface area contributed by atoms with E-state index in [2.05, 4.69) is 22.3 Å². The lowest BCUT2D eigenvalue weighted by atomic mass is 9.96. The van der Waals surface area contributed by atoms with Crippen molar-refractivity contribution < 1.29 is 4.79 Å². The Morgan fingerprint density at radius 2 is 2.12 bits per heavy atom. The molecule has 6 heteroatoms. The number of H-pyrrole nitrogens is 1. The van der Waals surface area contributed by atoms with Crippen LogP contribution in [-0.2, 0) is 19.9 Å². The zero-order valence-electron chi connectivity index (χ0n) is 13.9. The summed E-state index contributed by atoms with van der Waals surface area (Å²) in [6.07, 6.45) is 5.50. The summed E-state index contributed by atoms with van der Waals surface area (Å²) in [5.74, 6) is 1.34. The molecular formula is C18H22N4OS. The second-order valence-corrected chi connectivity index (χ2v) is 7.26. The SMILES string of the molecule is Cn1c([C@H]2CCCN(C(=O)c3ccc4c(c3)CCC4)C2)n[nH]c1=S. The number of aromatic nitrogens is 3. The highest BCUT2D eigenvalue weighted by atomic mass is 32.1. The van der Waals surface area contributed by atoms with Crippen molar-refractivity contribution in [1.82, 2.24) is 19.7 Å². The van der Waals surface area contributed by atoms with Gasteiger partial charge in [-0.25, -0.2) is 0 Å². The standard InChI is InChI=1S/C18H22N4OS/c1-21-16(19-20-18(21)24)15-6-3-9-22(11-15)17(23)14-8-7-12-4-2-5-13(12)10-14/h7-8,10,15H,2-6,9,11H2,1H3,(H,20,24)/t15-/m0/s1. The Morgan fingerprint density at radius 1 is 1.29 bits per heavy atom. The fourth-order valence-corrected chi connectivity index (χ4v) is 4.12. The van der Waals surface area contributed by atoms with Crippen LogP contribution in [0.4, 0.5) is 0 Å². The lowest BCUT2D eigenvalue weighted by molar-refractivity contribution is 0.0703. The quantitative estimate of drug-likeness (QED) is 0.854. The van der Waals surface area contributed by atoms with Crippen molar-refractivity contribution in [3.8, 4) is 0 Å². The number of aromatic amines is 1. The Labute approximate surface area is 146 Å². The van der Waals surface area contributed by atoms with Gasteiger partial charge < -0.3 is 9.47 Å². The summed E-state index contributed by atoms with van der Waals surface area (Å²) < 4.78 is 2.55. The van der Waals surface area contributed by atoms with Gasteiger partial charge in [0.2, 0.25) is 0 Å². The second-order valence-electron chi connectivity index (χ2n) is 6.87. The second kappa shape index (κ2) is 6.16. The average molecular weight is 342 g/mol.